The van der Waals surface area contributed by atoms with Crippen LogP contribution in [0.3, 0.4) is 0 Å². The van der Waals surface area contributed by atoms with E-state index in [4.69, 9.17) is 0 Å². The maximum Gasteiger partial charge on any atom is 0.381 e. The van der Waals surface area contributed by atoms with Crippen LogP contribution >= 0.6 is 0 Å². The summed E-state index contributed by atoms with van der Waals surface area (Å²) in [6, 6.07) is 0. The molecule has 0 fully saturated rings. The van der Waals surface area contributed by atoms with E-state index >= 15 is 0 Å². The molecular formula is C8H13N3O3. The number of imidazole rings is 1. The normalized spacial score (nSPS) is 11.7. The highest BCUT2D eigenvalue weighted by atomic mass is 16.6. The maximum absolute atomic E-state index is 10.4. The molecule has 0 spiro atoms. The molecule has 1 aromatic heterocycles. The second kappa shape index (κ2) is 3.38. The van der Waals surface area contributed by atoms with Crippen molar-refractivity contribution in [1.82, 2.24) is 9.55 Å². The zero-order valence-corrected chi connectivity index (χ0v) is 8.39. The highest BCUT2D eigenvalue weighted by Gasteiger charge is 2.20. The van der Waals surface area contributed by atoms with Crippen molar-refractivity contribution < 1.29 is 10.0 Å². The van der Waals surface area contributed by atoms with E-state index in [9.17, 15) is 15.2 Å². The predicted octanol–water partition coefficient (Wildman–Crippen LogP) is 0.871. The lowest BCUT2D eigenvalue weighted by Crippen LogP contribution is -2.26. The third-order valence-electron chi connectivity index (χ3n) is 1.71. The summed E-state index contributed by atoms with van der Waals surface area (Å²) in [7, 11) is 0. The van der Waals surface area contributed by atoms with Gasteiger partial charge in [-0.2, -0.15) is 0 Å². The van der Waals surface area contributed by atoms with Gasteiger partial charge in [-0.25, -0.2) is 0 Å². The summed E-state index contributed by atoms with van der Waals surface area (Å²) in [5.41, 5.74) is -0.903. The van der Waals surface area contributed by atoms with Gasteiger partial charge in [0.15, 0.2) is 0 Å². The van der Waals surface area contributed by atoms with Crippen LogP contribution in [-0.4, -0.2) is 25.2 Å². The second-order valence-electron chi connectivity index (χ2n) is 3.84. The number of aryl methyl sites for hydroxylation is 1. The zero-order valence-electron chi connectivity index (χ0n) is 8.39. The molecule has 0 bridgehead atoms. The molecule has 78 valence electrons. The first-order valence-electron chi connectivity index (χ1n) is 4.20. The molecule has 1 aromatic rings. The Kier molecular flexibility index (Phi) is 2.57. The van der Waals surface area contributed by atoms with Crippen LogP contribution in [0.25, 0.3) is 0 Å². The van der Waals surface area contributed by atoms with Crippen LogP contribution in [0.2, 0.25) is 0 Å². The lowest BCUT2D eigenvalue weighted by Gasteiger charge is -2.17. The fraction of sp³-hybridized carbons (Fsp3) is 0.625. The molecule has 0 radical (unpaired) electrons. The van der Waals surface area contributed by atoms with Crippen LogP contribution in [0, 0.1) is 17.0 Å². The Morgan fingerprint density at radius 2 is 2.29 bits per heavy atom. The van der Waals surface area contributed by atoms with E-state index < -0.39 is 10.5 Å². The number of hydrogen-bond acceptors (Lipinski definition) is 4. The number of aliphatic hydroxyl groups is 1. The predicted molar refractivity (Wildman–Crippen MR) is 49.9 cm³/mol. The Bertz CT molecular complexity index is 351. The van der Waals surface area contributed by atoms with Gasteiger partial charge in [0.2, 0.25) is 5.82 Å². The molecule has 0 aromatic carbocycles. The fourth-order valence-electron chi connectivity index (χ4n) is 1.16. The highest BCUT2D eigenvalue weighted by Crippen LogP contribution is 2.13. The van der Waals surface area contributed by atoms with Gasteiger partial charge in [0.1, 0.15) is 6.20 Å². The first-order chi connectivity index (χ1) is 6.29. The average Bonchev–Trinajstić information content (AvgIpc) is 2.29. The van der Waals surface area contributed by atoms with Gasteiger partial charge in [0.05, 0.1) is 12.1 Å². The van der Waals surface area contributed by atoms with E-state index in [-0.39, 0.29) is 5.82 Å². The molecule has 1 N–H and O–H groups in total. The summed E-state index contributed by atoms with van der Waals surface area (Å²) >= 11 is 0. The molecule has 0 aliphatic carbocycles. The molecule has 0 atom stereocenters. The van der Waals surface area contributed by atoms with Crippen LogP contribution < -0.4 is 0 Å². The molecule has 1 heterocycles. The standard InChI is InChI=1S/C8H13N3O3/c1-6-9-7(11(13)14)4-10(6)5-8(2,3)12/h4,12H,5H2,1-3H3. The summed E-state index contributed by atoms with van der Waals surface area (Å²) in [6.45, 7) is 5.23. The molecule has 0 saturated carbocycles. The lowest BCUT2D eigenvalue weighted by molar-refractivity contribution is -0.389. The van der Waals surface area contributed by atoms with Crippen LogP contribution in [0.1, 0.15) is 19.7 Å². The number of nitrogens with zero attached hydrogens (tertiary/aromatic N) is 3. The Hall–Kier alpha value is -1.43. The number of hydrogen-bond donors (Lipinski definition) is 1. The molecule has 0 amide bonds. The van der Waals surface area contributed by atoms with Crippen LogP contribution in [0.5, 0.6) is 0 Å². The highest BCUT2D eigenvalue weighted by molar-refractivity contribution is 5.16. The Labute approximate surface area is 81.3 Å². The van der Waals surface area contributed by atoms with Crippen molar-refractivity contribution in [1.29, 1.82) is 0 Å². The van der Waals surface area contributed by atoms with Crippen molar-refractivity contribution >= 4 is 5.82 Å². The molecular weight excluding hydrogens is 186 g/mol. The molecule has 0 aliphatic rings. The van der Waals surface area contributed by atoms with Crippen molar-refractivity contribution in [2.45, 2.75) is 32.9 Å². The van der Waals surface area contributed by atoms with Crippen molar-refractivity contribution in [3.63, 3.8) is 0 Å². The fourth-order valence-corrected chi connectivity index (χ4v) is 1.16. The smallest absolute Gasteiger partial charge is 0.381 e. The largest absolute Gasteiger partial charge is 0.389 e. The zero-order chi connectivity index (χ0) is 10.9. The van der Waals surface area contributed by atoms with Crippen molar-refractivity contribution in [3.05, 3.63) is 22.1 Å². The van der Waals surface area contributed by atoms with Gasteiger partial charge in [-0.1, -0.05) is 0 Å². The van der Waals surface area contributed by atoms with E-state index in [1.54, 1.807) is 25.3 Å². The van der Waals surface area contributed by atoms with Gasteiger partial charge in [-0.05, 0) is 23.8 Å². The SMILES string of the molecule is Cc1nc([N+](=O)[O-])cn1CC(C)(C)O. The average molecular weight is 199 g/mol. The number of nitro groups is 1. The van der Waals surface area contributed by atoms with Crippen LogP contribution in [-0.2, 0) is 6.54 Å². The Balaban J connectivity index is 2.94. The Morgan fingerprint density at radius 3 is 2.64 bits per heavy atom. The third-order valence-corrected chi connectivity index (χ3v) is 1.71. The molecule has 0 unspecified atom stereocenters. The van der Waals surface area contributed by atoms with Crippen molar-refractivity contribution in [2.75, 3.05) is 0 Å². The first kappa shape index (κ1) is 10.6. The van der Waals surface area contributed by atoms with Gasteiger partial charge in [-0.15, -0.1) is 0 Å². The van der Waals surface area contributed by atoms with E-state index in [0.717, 1.165) is 0 Å². The number of aromatic nitrogens is 2. The minimum absolute atomic E-state index is 0.188. The molecule has 1 rings (SSSR count). The van der Waals surface area contributed by atoms with E-state index in [1.807, 2.05) is 0 Å². The van der Waals surface area contributed by atoms with Crippen LogP contribution in [0.4, 0.5) is 5.82 Å². The number of rotatable bonds is 3. The third kappa shape index (κ3) is 2.53. The minimum Gasteiger partial charge on any atom is -0.389 e. The summed E-state index contributed by atoms with van der Waals surface area (Å²) in [4.78, 5) is 13.6. The van der Waals surface area contributed by atoms with Gasteiger partial charge in [0.25, 0.3) is 0 Å². The monoisotopic (exact) mass is 199 g/mol. The van der Waals surface area contributed by atoms with Crippen molar-refractivity contribution in [3.8, 4) is 0 Å². The Morgan fingerprint density at radius 1 is 1.71 bits per heavy atom. The summed E-state index contributed by atoms with van der Waals surface area (Å²) in [6.07, 6.45) is 1.33. The topological polar surface area (TPSA) is 81.2 Å². The quantitative estimate of drug-likeness (QED) is 0.578. The summed E-state index contributed by atoms with van der Waals surface area (Å²) in [5, 5.41) is 19.9. The molecule has 0 aliphatic heterocycles. The van der Waals surface area contributed by atoms with Gasteiger partial charge >= 0.3 is 5.82 Å². The van der Waals surface area contributed by atoms with E-state index in [0.29, 0.717) is 12.4 Å². The van der Waals surface area contributed by atoms with Gasteiger partial charge in [0, 0.05) is 6.92 Å². The van der Waals surface area contributed by atoms with Gasteiger partial charge < -0.3 is 19.8 Å². The van der Waals surface area contributed by atoms with Gasteiger partial charge in [-0.3, -0.25) is 0 Å². The molecule has 14 heavy (non-hydrogen) atoms. The first-order valence-corrected chi connectivity index (χ1v) is 4.20. The maximum atomic E-state index is 10.4. The van der Waals surface area contributed by atoms with E-state index in [2.05, 4.69) is 4.98 Å². The van der Waals surface area contributed by atoms with Crippen LogP contribution in [0.15, 0.2) is 6.20 Å². The minimum atomic E-state index is -0.903. The molecule has 6 nitrogen and oxygen atoms in total. The summed E-state index contributed by atoms with van der Waals surface area (Å²) in [5.74, 6) is 0.338. The second-order valence-corrected chi connectivity index (χ2v) is 3.84. The lowest BCUT2D eigenvalue weighted by atomic mass is 10.1. The molecule has 6 heteroatoms. The molecule has 0 saturated heterocycles. The van der Waals surface area contributed by atoms with E-state index in [1.165, 1.54) is 6.20 Å². The van der Waals surface area contributed by atoms with Crippen molar-refractivity contribution in [2.24, 2.45) is 0 Å². The summed E-state index contributed by atoms with van der Waals surface area (Å²) < 4.78 is 1.57.